The van der Waals surface area contributed by atoms with E-state index in [0.717, 1.165) is 19.3 Å². The van der Waals surface area contributed by atoms with E-state index >= 15 is 0 Å². The summed E-state index contributed by atoms with van der Waals surface area (Å²) in [6.07, 6.45) is 4.25. The van der Waals surface area contributed by atoms with Gasteiger partial charge in [0.1, 0.15) is 11.5 Å². The largest absolute Gasteiger partial charge is 0.475 e. The van der Waals surface area contributed by atoms with Gasteiger partial charge in [-0.3, -0.25) is 0 Å². The summed E-state index contributed by atoms with van der Waals surface area (Å²) in [4.78, 5) is 25.5. The van der Waals surface area contributed by atoms with Gasteiger partial charge in [0.05, 0.1) is 5.41 Å². The van der Waals surface area contributed by atoms with E-state index in [4.69, 9.17) is 13.9 Å². The van der Waals surface area contributed by atoms with Gasteiger partial charge in [0.2, 0.25) is 11.5 Å². The van der Waals surface area contributed by atoms with E-state index in [1.54, 1.807) is 12.1 Å². The molecule has 0 unspecified atom stereocenters. The number of carbonyl (C=O) groups is 2. The van der Waals surface area contributed by atoms with Crippen LogP contribution in [0.5, 0.6) is 0 Å². The maximum atomic E-state index is 12.0. The van der Waals surface area contributed by atoms with Crippen molar-refractivity contribution in [3.63, 3.8) is 0 Å². The van der Waals surface area contributed by atoms with Crippen molar-refractivity contribution in [1.29, 1.82) is 0 Å². The fraction of sp³-hybridized carbons (Fsp3) is 0.375. The highest BCUT2D eigenvalue weighted by atomic mass is 19.3. The van der Waals surface area contributed by atoms with Gasteiger partial charge in [0, 0.05) is 4.53 Å². The molecular formula is C16H15FO6. The minimum absolute atomic E-state index is 0.153. The number of aromatic carboxylic acids is 1. The lowest BCUT2D eigenvalue weighted by Crippen LogP contribution is -2.29. The highest BCUT2D eigenvalue weighted by molar-refractivity contribution is 5.86. The van der Waals surface area contributed by atoms with E-state index in [-0.39, 0.29) is 11.5 Å². The minimum Gasteiger partial charge on any atom is -0.475 e. The standard InChI is InChI=1S/C16H15FO6/c17-23-15(20)11-5-7-13(22-11)16(8-2-1-3-9-16)12-6-4-10(21-12)14(18)19/h4-7H,1-3,8-9H2,(H,18,19). The van der Waals surface area contributed by atoms with Crippen molar-refractivity contribution < 1.29 is 33.0 Å². The van der Waals surface area contributed by atoms with Crippen LogP contribution in [0.15, 0.2) is 33.1 Å². The van der Waals surface area contributed by atoms with Gasteiger partial charge < -0.3 is 13.9 Å². The molecule has 0 radical (unpaired) electrons. The summed E-state index contributed by atoms with van der Waals surface area (Å²) in [5.74, 6) is -1.82. The predicted octanol–water partition coefficient (Wildman–Crippen LogP) is 3.86. The van der Waals surface area contributed by atoms with E-state index in [1.165, 1.54) is 12.1 Å². The average Bonchev–Trinajstić information content (AvgIpc) is 3.24. The molecule has 3 rings (SSSR count). The third-order valence-corrected chi connectivity index (χ3v) is 4.34. The van der Waals surface area contributed by atoms with Crippen molar-refractivity contribution in [2.45, 2.75) is 37.5 Å². The number of halogens is 1. The molecule has 1 aliphatic carbocycles. The lowest BCUT2D eigenvalue weighted by molar-refractivity contribution is -0.0813. The fourth-order valence-corrected chi connectivity index (χ4v) is 3.22. The molecule has 1 saturated carbocycles. The molecule has 23 heavy (non-hydrogen) atoms. The second-order valence-electron chi connectivity index (χ2n) is 5.64. The quantitative estimate of drug-likeness (QED) is 0.919. The van der Waals surface area contributed by atoms with Crippen LogP contribution >= 0.6 is 0 Å². The molecule has 0 bridgehead atoms. The van der Waals surface area contributed by atoms with Gasteiger partial charge in [-0.1, -0.05) is 19.3 Å². The number of carboxylic acids is 1. The van der Waals surface area contributed by atoms with E-state index in [1.807, 2.05) is 0 Å². The van der Waals surface area contributed by atoms with Gasteiger partial charge in [-0.05, 0) is 37.1 Å². The molecule has 0 aliphatic heterocycles. The zero-order valence-corrected chi connectivity index (χ0v) is 12.2. The SMILES string of the molecule is O=C(O)c1ccc(C2(c3ccc(C(=O)OF)o3)CCCCC2)o1. The predicted molar refractivity (Wildman–Crippen MR) is 74.8 cm³/mol. The van der Waals surface area contributed by atoms with E-state index in [9.17, 15) is 14.1 Å². The van der Waals surface area contributed by atoms with Gasteiger partial charge in [-0.25, -0.2) is 14.5 Å². The van der Waals surface area contributed by atoms with Gasteiger partial charge in [0.25, 0.3) is 0 Å². The normalized spacial score (nSPS) is 16.9. The van der Waals surface area contributed by atoms with Crippen molar-refractivity contribution in [3.8, 4) is 0 Å². The Morgan fingerprint density at radius 2 is 1.57 bits per heavy atom. The summed E-state index contributed by atoms with van der Waals surface area (Å²) in [5.41, 5.74) is -0.652. The van der Waals surface area contributed by atoms with Crippen LogP contribution in [-0.2, 0) is 10.4 Å². The minimum atomic E-state index is -1.20. The molecule has 7 heteroatoms. The number of rotatable bonds is 4. The van der Waals surface area contributed by atoms with Crippen LogP contribution in [0.4, 0.5) is 4.53 Å². The van der Waals surface area contributed by atoms with E-state index in [2.05, 4.69) is 4.94 Å². The second-order valence-corrected chi connectivity index (χ2v) is 5.64. The van der Waals surface area contributed by atoms with Crippen LogP contribution in [0.1, 0.15) is 64.7 Å². The molecule has 2 aromatic heterocycles. The van der Waals surface area contributed by atoms with Crippen LogP contribution in [0, 0.1) is 0 Å². The fourth-order valence-electron chi connectivity index (χ4n) is 3.22. The Bertz CT molecular complexity index is 723. The highest BCUT2D eigenvalue weighted by Crippen LogP contribution is 2.46. The summed E-state index contributed by atoms with van der Waals surface area (Å²) in [7, 11) is 0. The molecular weight excluding hydrogens is 307 g/mol. The Balaban J connectivity index is 2.04. The molecule has 2 aromatic rings. The van der Waals surface area contributed by atoms with Gasteiger partial charge in [-0.15, -0.1) is 0 Å². The van der Waals surface area contributed by atoms with Crippen LogP contribution in [0.2, 0.25) is 0 Å². The zero-order valence-electron chi connectivity index (χ0n) is 12.2. The molecule has 0 amide bonds. The molecule has 1 fully saturated rings. The van der Waals surface area contributed by atoms with Crippen LogP contribution in [0.3, 0.4) is 0 Å². The Morgan fingerprint density at radius 3 is 2.09 bits per heavy atom. The summed E-state index contributed by atoms with van der Waals surface area (Å²) in [6.45, 7) is 0. The first-order valence-electron chi connectivity index (χ1n) is 7.34. The zero-order chi connectivity index (χ0) is 16.4. The lowest BCUT2D eigenvalue weighted by atomic mass is 9.70. The van der Waals surface area contributed by atoms with Crippen LogP contribution in [0.25, 0.3) is 0 Å². The molecule has 0 spiro atoms. The van der Waals surface area contributed by atoms with Crippen molar-refractivity contribution >= 4 is 11.9 Å². The Morgan fingerprint density at radius 1 is 1.00 bits per heavy atom. The van der Waals surface area contributed by atoms with Crippen molar-refractivity contribution in [1.82, 2.24) is 0 Å². The molecule has 0 atom stereocenters. The molecule has 1 aliphatic rings. The molecule has 0 saturated heterocycles. The number of carboxylic acid groups (broad SMARTS) is 1. The number of hydrogen-bond donors (Lipinski definition) is 1. The van der Waals surface area contributed by atoms with Crippen molar-refractivity contribution in [2.24, 2.45) is 0 Å². The average molecular weight is 322 g/mol. The first kappa shape index (κ1) is 15.3. The van der Waals surface area contributed by atoms with E-state index in [0.29, 0.717) is 24.4 Å². The number of furan rings is 2. The first-order valence-corrected chi connectivity index (χ1v) is 7.34. The topological polar surface area (TPSA) is 89.9 Å². The van der Waals surface area contributed by atoms with Gasteiger partial charge >= 0.3 is 11.9 Å². The maximum Gasteiger partial charge on any atom is 0.414 e. The second kappa shape index (κ2) is 5.91. The molecule has 1 N–H and O–H groups in total. The summed E-state index contributed by atoms with van der Waals surface area (Å²) in [6, 6.07) is 5.94. The number of carbonyl (C=O) groups excluding carboxylic acids is 1. The maximum absolute atomic E-state index is 12.0. The Hall–Kier alpha value is -2.57. The van der Waals surface area contributed by atoms with Crippen molar-refractivity contribution in [3.05, 3.63) is 47.3 Å². The monoisotopic (exact) mass is 322 g/mol. The van der Waals surface area contributed by atoms with Crippen molar-refractivity contribution in [2.75, 3.05) is 0 Å². The Labute approximate surface area is 130 Å². The van der Waals surface area contributed by atoms with Gasteiger partial charge in [0.15, 0.2) is 0 Å². The number of hydrogen-bond acceptors (Lipinski definition) is 5. The summed E-state index contributed by atoms with van der Waals surface area (Å²) < 4.78 is 23.0. The molecule has 122 valence electrons. The van der Waals surface area contributed by atoms with Crippen LogP contribution < -0.4 is 0 Å². The Kier molecular flexibility index (Phi) is 3.94. The lowest BCUT2D eigenvalue weighted by Gasteiger charge is -2.33. The molecule has 6 nitrogen and oxygen atoms in total. The molecule has 2 heterocycles. The van der Waals surface area contributed by atoms with Gasteiger partial charge in [-0.2, -0.15) is 0 Å². The highest BCUT2D eigenvalue weighted by Gasteiger charge is 2.42. The van der Waals surface area contributed by atoms with Crippen LogP contribution in [-0.4, -0.2) is 17.0 Å². The summed E-state index contributed by atoms with van der Waals surface area (Å²) >= 11 is 0. The third-order valence-electron chi connectivity index (χ3n) is 4.34. The first-order chi connectivity index (χ1) is 11.1. The summed E-state index contributed by atoms with van der Waals surface area (Å²) in [5, 5.41) is 9.04. The molecule has 0 aromatic carbocycles. The third kappa shape index (κ3) is 2.62. The van der Waals surface area contributed by atoms with E-state index < -0.39 is 17.4 Å². The smallest absolute Gasteiger partial charge is 0.414 e.